The number of pyridine rings is 1. The first-order valence-electron chi connectivity index (χ1n) is 11.7. The molecule has 1 saturated heterocycles. The lowest BCUT2D eigenvalue weighted by Crippen LogP contribution is -2.46. The molecule has 1 aromatic carbocycles. The summed E-state index contributed by atoms with van der Waals surface area (Å²) in [6, 6.07) is 14.9. The Labute approximate surface area is 215 Å². The lowest BCUT2D eigenvalue weighted by atomic mass is 10.0. The molecule has 0 aliphatic carbocycles. The summed E-state index contributed by atoms with van der Waals surface area (Å²) >= 11 is 1.59. The highest BCUT2D eigenvalue weighted by Crippen LogP contribution is 2.39. The van der Waals surface area contributed by atoms with Crippen LogP contribution in [0.15, 0.2) is 47.8 Å². The number of hydrogen-bond acceptors (Lipinski definition) is 8. The molecule has 1 unspecified atom stereocenters. The molecule has 3 aromatic rings. The Bertz CT molecular complexity index is 1210. The van der Waals surface area contributed by atoms with Crippen molar-refractivity contribution in [1.29, 1.82) is 10.5 Å². The Balaban J connectivity index is 0.00000115. The first-order valence-corrected chi connectivity index (χ1v) is 12.6. The third-order valence-corrected chi connectivity index (χ3v) is 7.16. The van der Waals surface area contributed by atoms with E-state index >= 15 is 0 Å². The van der Waals surface area contributed by atoms with Gasteiger partial charge >= 0.3 is 0 Å². The number of primary amides is 1. The van der Waals surface area contributed by atoms with Crippen LogP contribution in [0.2, 0.25) is 0 Å². The van der Waals surface area contributed by atoms with Gasteiger partial charge in [-0.05, 0) is 24.5 Å². The molecule has 0 saturated carbocycles. The van der Waals surface area contributed by atoms with Gasteiger partial charge in [0, 0.05) is 49.7 Å². The van der Waals surface area contributed by atoms with E-state index in [-0.39, 0.29) is 11.7 Å². The lowest BCUT2D eigenvalue weighted by molar-refractivity contribution is -0.106. The largest absolute Gasteiger partial charge is 0.372 e. The van der Waals surface area contributed by atoms with E-state index < -0.39 is 0 Å². The van der Waals surface area contributed by atoms with Crippen LogP contribution >= 0.6 is 11.8 Å². The highest BCUT2D eigenvalue weighted by Gasteiger charge is 2.26. The molecule has 3 N–H and O–H groups in total. The van der Waals surface area contributed by atoms with E-state index in [0.717, 1.165) is 38.3 Å². The maximum absolute atomic E-state index is 10.0. The Morgan fingerprint density at radius 3 is 2.39 bits per heavy atom. The molecule has 2 aromatic heterocycles. The van der Waals surface area contributed by atoms with Crippen molar-refractivity contribution in [3.05, 3.63) is 70.5 Å². The minimum Gasteiger partial charge on any atom is -0.372 e. The minimum absolute atomic E-state index is 0.142. The zero-order chi connectivity index (χ0) is 25.9. The minimum atomic E-state index is 0.142. The number of piperazine rings is 1. The van der Waals surface area contributed by atoms with E-state index in [1.54, 1.807) is 11.8 Å². The summed E-state index contributed by atoms with van der Waals surface area (Å²) in [5, 5.41) is 27.7. The number of aromatic amines is 1. The average Bonchev–Trinajstić information content (AvgIpc) is 3.42. The second-order valence-electron chi connectivity index (χ2n) is 8.22. The molecule has 1 atom stereocenters. The number of aromatic nitrogens is 3. The zero-order valence-electron chi connectivity index (χ0n) is 20.5. The van der Waals surface area contributed by atoms with Crippen molar-refractivity contribution in [3.63, 3.8) is 0 Å². The van der Waals surface area contributed by atoms with Gasteiger partial charge in [0.15, 0.2) is 0 Å². The molecule has 1 aliphatic rings. The molecular formula is C26H30N8OS. The van der Waals surface area contributed by atoms with E-state index in [0.29, 0.717) is 28.4 Å². The summed E-state index contributed by atoms with van der Waals surface area (Å²) < 4.78 is 0. The quantitative estimate of drug-likeness (QED) is 0.370. The summed E-state index contributed by atoms with van der Waals surface area (Å²) in [4.78, 5) is 18.1. The van der Waals surface area contributed by atoms with Crippen LogP contribution < -0.4 is 10.6 Å². The summed E-state index contributed by atoms with van der Waals surface area (Å²) in [6.45, 7) is 8.30. The van der Waals surface area contributed by atoms with Gasteiger partial charge in [0.05, 0.1) is 17.3 Å². The van der Waals surface area contributed by atoms with Crippen molar-refractivity contribution in [2.75, 3.05) is 31.1 Å². The fourth-order valence-corrected chi connectivity index (χ4v) is 5.25. The number of carbonyl (C=O) groups excluding carboxylic acids is 1. The van der Waals surface area contributed by atoms with Gasteiger partial charge < -0.3 is 10.6 Å². The fourth-order valence-electron chi connectivity index (χ4n) is 4.20. The van der Waals surface area contributed by atoms with Crippen LogP contribution in [0.25, 0.3) is 0 Å². The van der Waals surface area contributed by atoms with Gasteiger partial charge in [0.2, 0.25) is 6.41 Å². The monoisotopic (exact) mass is 502 g/mol. The van der Waals surface area contributed by atoms with Crippen molar-refractivity contribution in [3.8, 4) is 12.1 Å². The Morgan fingerprint density at radius 2 is 1.83 bits per heavy atom. The molecule has 1 aliphatic heterocycles. The molecule has 3 heterocycles. The number of benzene rings is 1. The van der Waals surface area contributed by atoms with Gasteiger partial charge in [0.1, 0.15) is 23.0 Å². The SMILES string of the molecule is CCc1c(C#N)c(SC(C)c2ccccc2)nc(N2CCN(Cc3cn[nH]c3)CC2)c1C#N.NC=O. The number of nitrogens with zero attached hydrogens (tertiary/aromatic N) is 6. The number of amides is 1. The number of thioether (sulfide) groups is 1. The molecule has 0 bridgehead atoms. The van der Waals surface area contributed by atoms with E-state index in [4.69, 9.17) is 9.78 Å². The topological polar surface area (TPSA) is 139 Å². The van der Waals surface area contributed by atoms with Gasteiger partial charge in [-0.1, -0.05) is 49.0 Å². The first-order chi connectivity index (χ1) is 17.6. The van der Waals surface area contributed by atoms with Crippen LogP contribution in [0, 0.1) is 22.7 Å². The molecule has 1 amide bonds. The molecule has 0 spiro atoms. The standard InChI is InChI=1S/C25H27N7S.CH3NO/c1-3-21-22(13-26)24(32-11-9-31(10-12-32)17-19-15-28-29-16-19)30-25(23(21)14-27)33-18(2)20-7-5-4-6-8-20;2-1-3/h4-8,15-16,18H,3,9-12,17H2,1-2H3,(H,28,29);1H,(H2,2,3). The number of rotatable bonds is 7. The second kappa shape index (κ2) is 13.3. The van der Waals surface area contributed by atoms with Crippen LogP contribution in [0.1, 0.15) is 46.9 Å². The zero-order valence-corrected chi connectivity index (χ0v) is 21.3. The first kappa shape index (κ1) is 26.7. The molecule has 186 valence electrons. The highest BCUT2D eigenvalue weighted by molar-refractivity contribution is 7.99. The van der Waals surface area contributed by atoms with Gasteiger partial charge in [-0.15, -0.1) is 0 Å². The van der Waals surface area contributed by atoms with Crippen LogP contribution in [-0.4, -0.2) is 52.7 Å². The van der Waals surface area contributed by atoms with E-state index in [9.17, 15) is 10.5 Å². The van der Waals surface area contributed by atoms with Crippen LogP contribution in [0.4, 0.5) is 5.82 Å². The lowest BCUT2D eigenvalue weighted by Gasteiger charge is -2.36. The normalized spacial score (nSPS) is 14.2. The third kappa shape index (κ3) is 6.42. The number of H-pyrrole nitrogens is 1. The van der Waals surface area contributed by atoms with E-state index in [2.05, 4.69) is 56.9 Å². The Kier molecular flexibility index (Phi) is 9.87. The molecule has 0 radical (unpaired) electrons. The third-order valence-electron chi connectivity index (χ3n) is 6.02. The van der Waals surface area contributed by atoms with Gasteiger partial charge in [0.25, 0.3) is 0 Å². The Morgan fingerprint density at radius 1 is 1.17 bits per heavy atom. The van der Waals surface area contributed by atoms with Crippen molar-refractivity contribution in [1.82, 2.24) is 20.1 Å². The molecule has 1 fully saturated rings. The van der Waals surface area contributed by atoms with Crippen molar-refractivity contribution in [2.45, 2.75) is 37.1 Å². The maximum Gasteiger partial charge on any atom is 0.204 e. The summed E-state index contributed by atoms with van der Waals surface area (Å²) in [5.74, 6) is 0.707. The number of hydrogen-bond donors (Lipinski definition) is 2. The molecule has 4 rings (SSSR count). The molecule has 36 heavy (non-hydrogen) atoms. The van der Waals surface area contributed by atoms with E-state index in [1.807, 2.05) is 37.5 Å². The van der Waals surface area contributed by atoms with Gasteiger partial charge in [-0.25, -0.2) is 4.98 Å². The van der Waals surface area contributed by atoms with Crippen LogP contribution in [0.3, 0.4) is 0 Å². The Hall–Kier alpha value is -3.86. The highest BCUT2D eigenvalue weighted by atomic mass is 32.2. The van der Waals surface area contributed by atoms with Crippen LogP contribution in [-0.2, 0) is 17.8 Å². The fraction of sp³-hybridized carbons (Fsp3) is 0.346. The van der Waals surface area contributed by atoms with Crippen molar-refractivity contribution < 1.29 is 4.79 Å². The molecule has 10 heteroatoms. The van der Waals surface area contributed by atoms with E-state index in [1.165, 1.54) is 11.1 Å². The number of anilines is 1. The molecular weight excluding hydrogens is 472 g/mol. The second-order valence-corrected chi connectivity index (χ2v) is 9.55. The smallest absolute Gasteiger partial charge is 0.204 e. The number of carbonyl (C=O) groups is 1. The van der Waals surface area contributed by atoms with Crippen molar-refractivity contribution in [2.24, 2.45) is 5.73 Å². The van der Waals surface area contributed by atoms with Crippen molar-refractivity contribution >= 4 is 24.0 Å². The summed E-state index contributed by atoms with van der Waals surface area (Å²) in [7, 11) is 0. The maximum atomic E-state index is 10.0. The number of nitrogens with one attached hydrogen (secondary N) is 1. The summed E-state index contributed by atoms with van der Waals surface area (Å²) in [6.07, 6.45) is 4.65. The average molecular weight is 503 g/mol. The number of nitriles is 2. The predicted octanol–water partition coefficient (Wildman–Crippen LogP) is 3.39. The molecule has 9 nitrogen and oxygen atoms in total. The van der Waals surface area contributed by atoms with Gasteiger partial charge in [-0.2, -0.15) is 15.6 Å². The van der Waals surface area contributed by atoms with Gasteiger partial charge in [-0.3, -0.25) is 14.8 Å². The number of nitrogens with two attached hydrogens (primary N) is 1. The van der Waals surface area contributed by atoms with Crippen LogP contribution in [0.5, 0.6) is 0 Å². The summed E-state index contributed by atoms with van der Waals surface area (Å²) in [5.41, 5.74) is 8.39. The predicted molar refractivity (Wildman–Crippen MR) is 140 cm³/mol.